The van der Waals surface area contributed by atoms with Crippen molar-refractivity contribution >= 4 is 8.80 Å². The number of hydrogen-bond donors (Lipinski definition) is 0. The lowest BCUT2D eigenvalue weighted by atomic mass is 9.72. The maximum Gasteiger partial charge on any atom is 0.126 e. The van der Waals surface area contributed by atoms with E-state index in [2.05, 4.69) is 6.07 Å². The van der Waals surface area contributed by atoms with Gasteiger partial charge in [-0.2, -0.15) is 0 Å². The van der Waals surface area contributed by atoms with Crippen molar-refractivity contribution < 1.29 is 8.78 Å². The van der Waals surface area contributed by atoms with Crippen molar-refractivity contribution in [1.82, 2.24) is 0 Å². The lowest BCUT2D eigenvalue weighted by Crippen LogP contribution is -2.28. The molecule has 1 radical (unpaired) electrons. The van der Waals surface area contributed by atoms with Crippen molar-refractivity contribution in [3.05, 3.63) is 35.1 Å². The van der Waals surface area contributed by atoms with Crippen LogP contribution in [0.2, 0.25) is 18.1 Å². The second-order valence-electron chi connectivity index (χ2n) is 8.00. The molecule has 1 aromatic rings. The molecule has 0 bridgehead atoms. The molecule has 0 spiro atoms. The molecular formula is C21H31F2Si. The maximum atomic E-state index is 13.8. The van der Waals surface area contributed by atoms with Crippen LogP contribution in [0, 0.1) is 24.6 Å². The molecule has 133 valence electrons. The molecule has 1 saturated carbocycles. The standard InChI is InChI=1S/C21H31F2Si/c1-16-3-4-20(15-21(16)23)18-7-5-17(6-8-18)19-9-13-24(14-10-19)12-2-11-22/h3-4,15,17-19H,2,5-14H2,1H3. The molecule has 0 nitrogen and oxygen atoms in total. The minimum absolute atomic E-state index is 0.0511. The number of rotatable bonds is 5. The van der Waals surface area contributed by atoms with Gasteiger partial charge >= 0.3 is 0 Å². The number of aryl methyl sites for hydroxylation is 1. The van der Waals surface area contributed by atoms with E-state index in [4.69, 9.17) is 0 Å². The molecule has 0 unspecified atom stereocenters. The monoisotopic (exact) mass is 349 g/mol. The van der Waals surface area contributed by atoms with E-state index in [9.17, 15) is 8.78 Å². The van der Waals surface area contributed by atoms with Crippen LogP contribution in [0.3, 0.4) is 0 Å². The SMILES string of the molecule is Cc1ccc(C2CCC(C3CC[Si](CCCF)CC3)CC2)cc1F. The highest BCUT2D eigenvalue weighted by Crippen LogP contribution is 2.43. The summed E-state index contributed by atoms with van der Waals surface area (Å²) in [7, 11) is -0.225. The van der Waals surface area contributed by atoms with Gasteiger partial charge in [-0.25, -0.2) is 4.39 Å². The number of hydrogen-bond acceptors (Lipinski definition) is 0. The van der Waals surface area contributed by atoms with Crippen LogP contribution in [0.25, 0.3) is 0 Å². The van der Waals surface area contributed by atoms with Gasteiger partial charge in [0.15, 0.2) is 0 Å². The molecule has 1 aromatic carbocycles. The highest BCUT2D eigenvalue weighted by molar-refractivity contribution is 6.58. The summed E-state index contributed by atoms with van der Waals surface area (Å²) in [6.45, 7) is 1.71. The Morgan fingerprint density at radius 2 is 1.67 bits per heavy atom. The summed E-state index contributed by atoms with van der Waals surface area (Å²) in [5, 5.41) is 0. The van der Waals surface area contributed by atoms with Gasteiger partial charge in [-0.15, -0.1) is 0 Å². The first-order chi connectivity index (χ1) is 11.7. The number of halogens is 2. The molecule has 24 heavy (non-hydrogen) atoms. The molecule has 0 amide bonds. The van der Waals surface area contributed by atoms with Crippen molar-refractivity contribution in [2.75, 3.05) is 6.67 Å². The lowest BCUT2D eigenvalue weighted by molar-refractivity contribution is 0.216. The first kappa shape index (κ1) is 18.1. The third kappa shape index (κ3) is 4.47. The molecule has 2 fully saturated rings. The van der Waals surface area contributed by atoms with Crippen LogP contribution in [0.5, 0.6) is 0 Å². The highest BCUT2D eigenvalue weighted by Gasteiger charge is 2.31. The second kappa shape index (κ2) is 8.60. The number of benzene rings is 1. The van der Waals surface area contributed by atoms with Gasteiger partial charge in [0.25, 0.3) is 0 Å². The fraction of sp³-hybridized carbons (Fsp3) is 0.714. The van der Waals surface area contributed by atoms with Gasteiger partial charge in [-0.1, -0.05) is 43.1 Å². The van der Waals surface area contributed by atoms with E-state index in [-0.39, 0.29) is 21.3 Å². The van der Waals surface area contributed by atoms with Crippen LogP contribution in [0.4, 0.5) is 8.78 Å². The van der Waals surface area contributed by atoms with Crippen molar-refractivity contribution in [3.8, 4) is 0 Å². The zero-order chi connectivity index (χ0) is 16.9. The lowest BCUT2D eigenvalue weighted by Gasteiger charge is -2.37. The molecule has 1 aliphatic carbocycles. The van der Waals surface area contributed by atoms with Crippen molar-refractivity contribution in [3.63, 3.8) is 0 Å². The molecule has 0 atom stereocenters. The molecular weight excluding hydrogens is 318 g/mol. The summed E-state index contributed by atoms with van der Waals surface area (Å²) in [5.41, 5.74) is 1.96. The summed E-state index contributed by atoms with van der Waals surface area (Å²) < 4.78 is 26.1. The van der Waals surface area contributed by atoms with E-state index >= 15 is 0 Å². The fourth-order valence-electron chi connectivity index (χ4n) is 4.87. The quantitative estimate of drug-likeness (QED) is 0.521. The predicted molar refractivity (Wildman–Crippen MR) is 99.3 cm³/mol. The van der Waals surface area contributed by atoms with Crippen molar-refractivity contribution in [1.29, 1.82) is 0 Å². The summed E-state index contributed by atoms with van der Waals surface area (Å²) in [6.07, 6.45) is 8.68. The van der Waals surface area contributed by atoms with E-state index in [1.165, 1.54) is 62.2 Å². The van der Waals surface area contributed by atoms with Crippen molar-refractivity contribution in [2.24, 2.45) is 11.8 Å². The Bertz CT molecular complexity index is 515. The van der Waals surface area contributed by atoms with Gasteiger partial charge < -0.3 is 0 Å². The summed E-state index contributed by atoms with van der Waals surface area (Å²) >= 11 is 0. The number of alkyl halides is 1. The molecule has 1 heterocycles. The van der Waals surface area contributed by atoms with Crippen LogP contribution < -0.4 is 0 Å². The largest absolute Gasteiger partial charge is 0.251 e. The minimum Gasteiger partial charge on any atom is -0.251 e. The normalized spacial score (nSPS) is 26.6. The van der Waals surface area contributed by atoms with Gasteiger partial charge in [0.05, 0.1) is 6.67 Å². The van der Waals surface area contributed by atoms with Gasteiger partial charge in [0, 0.05) is 8.80 Å². The van der Waals surface area contributed by atoms with Crippen LogP contribution >= 0.6 is 0 Å². The molecule has 1 saturated heterocycles. The summed E-state index contributed by atoms with van der Waals surface area (Å²) in [6, 6.07) is 9.85. The van der Waals surface area contributed by atoms with Crippen molar-refractivity contribution in [2.45, 2.75) is 75.9 Å². The van der Waals surface area contributed by atoms with E-state index in [1.807, 2.05) is 13.0 Å². The minimum atomic E-state index is -0.225. The molecule has 0 aromatic heterocycles. The molecule has 3 rings (SSSR count). The Morgan fingerprint density at radius 1 is 1.00 bits per heavy atom. The van der Waals surface area contributed by atoms with Crippen LogP contribution in [0.1, 0.15) is 62.0 Å². The van der Waals surface area contributed by atoms with Gasteiger partial charge in [0.2, 0.25) is 0 Å². The Labute approximate surface area is 147 Å². The van der Waals surface area contributed by atoms with Gasteiger partial charge in [-0.05, 0) is 74.0 Å². The molecule has 0 N–H and O–H groups in total. The van der Waals surface area contributed by atoms with E-state index in [0.717, 1.165) is 23.8 Å². The average Bonchev–Trinajstić information content (AvgIpc) is 2.63. The van der Waals surface area contributed by atoms with Crippen LogP contribution in [-0.2, 0) is 0 Å². The van der Waals surface area contributed by atoms with Gasteiger partial charge in [0.1, 0.15) is 5.82 Å². The average molecular weight is 350 g/mol. The van der Waals surface area contributed by atoms with E-state index in [1.54, 1.807) is 6.07 Å². The Hall–Kier alpha value is -0.703. The molecule has 2 aliphatic rings. The second-order valence-corrected chi connectivity index (χ2v) is 11.0. The first-order valence-corrected chi connectivity index (χ1v) is 11.9. The summed E-state index contributed by atoms with van der Waals surface area (Å²) in [4.78, 5) is 0. The topological polar surface area (TPSA) is 0 Å². The zero-order valence-electron chi connectivity index (χ0n) is 15.0. The first-order valence-electron chi connectivity index (χ1n) is 9.83. The smallest absolute Gasteiger partial charge is 0.126 e. The Balaban J connectivity index is 1.46. The van der Waals surface area contributed by atoms with E-state index in [0.29, 0.717) is 5.92 Å². The summed E-state index contributed by atoms with van der Waals surface area (Å²) in [5.74, 6) is 2.31. The van der Waals surface area contributed by atoms with E-state index < -0.39 is 0 Å². The van der Waals surface area contributed by atoms with Crippen LogP contribution in [0.15, 0.2) is 18.2 Å². The Kier molecular flexibility index (Phi) is 6.48. The Morgan fingerprint density at radius 3 is 2.29 bits per heavy atom. The predicted octanol–water partition coefficient (Wildman–Crippen LogP) is 6.67. The highest BCUT2D eigenvalue weighted by atomic mass is 28.3. The zero-order valence-corrected chi connectivity index (χ0v) is 16.0. The molecule has 3 heteroatoms. The fourth-order valence-corrected chi connectivity index (χ4v) is 7.82. The molecule has 1 aliphatic heterocycles. The van der Waals surface area contributed by atoms with Gasteiger partial charge in [-0.3, -0.25) is 4.39 Å². The maximum absolute atomic E-state index is 13.8. The third-order valence-electron chi connectivity index (χ3n) is 6.51. The van der Waals surface area contributed by atoms with Crippen LogP contribution in [-0.4, -0.2) is 15.5 Å². The third-order valence-corrected chi connectivity index (χ3v) is 9.56.